The first-order valence-electron chi connectivity index (χ1n) is 6.38. The van der Waals surface area contributed by atoms with Crippen molar-refractivity contribution in [1.29, 1.82) is 0 Å². The molecule has 1 aromatic carbocycles. The van der Waals surface area contributed by atoms with Crippen molar-refractivity contribution in [2.75, 3.05) is 13.7 Å². The van der Waals surface area contributed by atoms with E-state index in [-0.39, 0.29) is 5.56 Å². The van der Waals surface area contributed by atoms with E-state index in [4.69, 9.17) is 16.3 Å². The van der Waals surface area contributed by atoms with E-state index in [0.717, 1.165) is 0 Å². The lowest BCUT2D eigenvalue weighted by molar-refractivity contribution is 0.183. The van der Waals surface area contributed by atoms with Crippen LogP contribution in [0.25, 0.3) is 10.9 Å². The van der Waals surface area contributed by atoms with E-state index in [0.29, 0.717) is 39.5 Å². The lowest BCUT2D eigenvalue weighted by atomic mass is 10.2. The fourth-order valence-corrected chi connectivity index (χ4v) is 2.89. The SMILES string of the molecule is COCCn1c(SC(C)C)nc2cc(Cl)ccc2c1=O. The number of halogens is 1. The first-order valence-corrected chi connectivity index (χ1v) is 7.64. The highest BCUT2D eigenvalue weighted by Crippen LogP contribution is 2.23. The molecule has 0 aliphatic heterocycles. The summed E-state index contributed by atoms with van der Waals surface area (Å²) in [6.07, 6.45) is 0. The second-order valence-corrected chi connectivity index (χ2v) is 6.65. The summed E-state index contributed by atoms with van der Waals surface area (Å²) in [6.45, 7) is 5.11. The molecule has 0 amide bonds. The molecule has 2 rings (SSSR count). The molecule has 0 unspecified atom stereocenters. The van der Waals surface area contributed by atoms with Crippen molar-refractivity contribution in [3.8, 4) is 0 Å². The van der Waals surface area contributed by atoms with Gasteiger partial charge in [0.15, 0.2) is 5.16 Å². The van der Waals surface area contributed by atoms with Gasteiger partial charge in [-0.25, -0.2) is 4.98 Å². The molecule has 108 valence electrons. The van der Waals surface area contributed by atoms with Gasteiger partial charge < -0.3 is 4.74 Å². The third kappa shape index (κ3) is 3.34. The summed E-state index contributed by atoms with van der Waals surface area (Å²) in [7, 11) is 1.62. The van der Waals surface area contributed by atoms with Crippen molar-refractivity contribution in [2.24, 2.45) is 0 Å². The molecule has 0 N–H and O–H groups in total. The fourth-order valence-electron chi connectivity index (χ4n) is 1.85. The number of nitrogens with zero attached hydrogens (tertiary/aromatic N) is 2. The average molecular weight is 313 g/mol. The number of rotatable bonds is 5. The highest BCUT2D eigenvalue weighted by Gasteiger charge is 2.13. The van der Waals surface area contributed by atoms with Gasteiger partial charge in [-0.1, -0.05) is 37.2 Å². The molecule has 6 heteroatoms. The predicted octanol–water partition coefficient (Wildman–Crippen LogP) is 3.20. The highest BCUT2D eigenvalue weighted by molar-refractivity contribution is 7.99. The quantitative estimate of drug-likeness (QED) is 0.628. The van der Waals surface area contributed by atoms with Crippen LogP contribution in [-0.4, -0.2) is 28.5 Å². The summed E-state index contributed by atoms with van der Waals surface area (Å²) in [4.78, 5) is 17.1. The Morgan fingerprint density at radius 2 is 2.20 bits per heavy atom. The summed E-state index contributed by atoms with van der Waals surface area (Å²) in [5, 5.41) is 2.21. The largest absolute Gasteiger partial charge is 0.383 e. The van der Waals surface area contributed by atoms with Gasteiger partial charge in [-0.2, -0.15) is 0 Å². The Hall–Kier alpha value is -1.04. The molecule has 1 aromatic heterocycles. The van der Waals surface area contributed by atoms with Gasteiger partial charge in [-0.3, -0.25) is 9.36 Å². The number of aromatic nitrogens is 2. The Bertz CT molecular complexity index is 670. The molecular formula is C14H17ClN2O2S. The van der Waals surface area contributed by atoms with E-state index >= 15 is 0 Å². The van der Waals surface area contributed by atoms with Crippen molar-refractivity contribution in [2.45, 2.75) is 30.8 Å². The van der Waals surface area contributed by atoms with Crippen LogP contribution in [0.4, 0.5) is 0 Å². The van der Waals surface area contributed by atoms with E-state index in [1.807, 2.05) is 0 Å². The summed E-state index contributed by atoms with van der Waals surface area (Å²) in [5.74, 6) is 0. The number of fused-ring (bicyclic) bond motifs is 1. The zero-order valence-electron chi connectivity index (χ0n) is 11.7. The molecule has 0 fully saturated rings. The Balaban J connectivity index is 2.62. The number of methoxy groups -OCH3 is 1. The van der Waals surface area contributed by atoms with E-state index < -0.39 is 0 Å². The van der Waals surface area contributed by atoms with Crippen LogP contribution in [0, 0.1) is 0 Å². The topological polar surface area (TPSA) is 44.1 Å². The normalized spacial score (nSPS) is 11.4. The molecule has 0 saturated carbocycles. The molecule has 0 atom stereocenters. The Morgan fingerprint density at radius 3 is 2.85 bits per heavy atom. The second kappa shape index (κ2) is 6.61. The van der Waals surface area contributed by atoms with E-state index in [1.165, 1.54) is 0 Å². The molecule has 0 saturated heterocycles. The van der Waals surface area contributed by atoms with Gasteiger partial charge in [-0.05, 0) is 18.2 Å². The molecule has 0 radical (unpaired) electrons. The monoisotopic (exact) mass is 312 g/mol. The minimum absolute atomic E-state index is 0.0492. The smallest absolute Gasteiger partial charge is 0.262 e. The van der Waals surface area contributed by atoms with Crippen molar-refractivity contribution in [1.82, 2.24) is 9.55 Å². The van der Waals surface area contributed by atoms with Gasteiger partial charge >= 0.3 is 0 Å². The van der Waals surface area contributed by atoms with E-state index in [2.05, 4.69) is 18.8 Å². The number of benzene rings is 1. The van der Waals surface area contributed by atoms with Crippen LogP contribution in [0.2, 0.25) is 5.02 Å². The third-order valence-corrected chi connectivity index (χ3v) is 3.97. The first-order chi connectivity index (χ1) is 9.52. The van der Waals surface area contributed by atoms with E-state index in [9.17, 15) is 4.79 Å². The van der Waals surface area contributed by atoms with Gasteiger partial charge in [0.05, 0.1) is 24.1 Å². The number of hydrogen-bond acceptors (Lipinski definition) is 4. The minimum atomic E-state index is -0.0492. The van der Waals surface area contributed by atoms with E-state index in [1.54, 1.807) is 41.6 Å². The molecule has 0 aliphatic carbocycles. The van der Waals surface area contributed by atoms with Crippen LogP contribution >= 0.6 is 23.4 Å². The summed E-state index contributed by atoms with van der Waals surface area (Å²) in [6, 6.07) is 5.16. The Labute approximate surface area is 127 Å². The maximum absolute atomic E-state index is 12.6. The van der Waals surface area contributed by atoms with Crippen molar-refractivity contribution in [3.05, 3.63) is 33.6 Å². The Morgan fingerprint density at radius 1 is 1.45 bits per heavy atom. The number of ether oxygens (including phenoxy) is 1. The van der Waals surface area contributed by atoms with Crippen LogP contribution < -0.4 is 5.56 Å². The van der Waals surface area contributed by atoms with Gasteiger partial charge in [0.2, 0.25) is 0 Å². The van der Waals surface area contributed by atoms with Crippen LogP contribution in [0.15, 0.2) is 28.2 Å². The van der Waals surface area contributed by atoms with Crippen LogP contribution in [0.3, 0.4) is 0 Å². The molecule has 0 spiro atoms. The van der Waals surface area contributed by atoms with Crippen LogP contribution in [0.5, 0.6) is 0 Å². The molecule has 1 heterocycles. The van der Waals surface area contributed by atoms with Crippen molar-refractivity contribution in [3.63, 3.8) is 0 Å². The number of thioether (sulfide) groups is 1. The molecule has 0 bridgehead atoms. The molecule has 0 aliphatic rings. The zero-order chi connectivity index (χ0) is 14.7. The second-order valence-electron chi connectivity index (χ2n) is 4.67. The van der Waals surface area contributed by atoms with Gasteiger partial charge in [0.25, 0.3) is 5.56 Å². The van der Waals surface area contributed by atoms with Gasteiger partial charge in [-0.15, -0.1) is 0 Å². The lowest BCUT2D eigenvalue weighted by Crippen LogP contribution is -2.25. The summed E-state index contributed by atoms with van der Waals surface area (Å²) < 4.78 is 6.75. The first kappa shape index (κ1) is 15.4. The maximum Gasteiger partial charge on any atom is 0.262 e. The molecule has 4 nitrogen and oxygen atoms in total. The average Bonchev–Trinajstić information content (AvgIpc) is 2.37. The lowest BCUT2D eigenvalue weighted by Gasteiger charge is -2.14. The van der Waals surface area contributed by atoms with Crippen LogP contribution in [-0.2, 0) is 11.3 Å². The predicted molar refractivity (Wildman–Crippen MR) is 83.9 cm³/mol. The maximum atomic E-state index is 12.6. The molecule has 2 aromatic rings. The van der Waals surface area contributed by atoms with Crippen molar-refractivity contribution >= 4 is 34.3 Å². The third-order valence-electron chi connectivity index (χ3n) is 2.74. The van der Waals surface area contributed by atoms with Crippen LogP contribution in [0.1, 0.15) is 13.8 Å². The fraction of sp³-hybridized carbons (Fsp3) is 0.429. The van der Waals surface area contributed by atoms with Crippen molar-refractivity contribution < 1.29 is 4.74 Å². The highest BCUT2D eigenvalue weighted by atomic mass is 35.5. The molecule has 20 heavy (non-hydrogen) atoms. The summed E-state index contributed by atoms with van der Waals surface area (Å²) >= 11 is 7.54. The minimum Gasteiger partial charge on any atom is -0.383 e. The summed E-state index contributed by atoms with van der Waals surface area (Å²) in [5.41, 5.74) is 0.589. The van der Waals surface area contributed by atoms with Gasteiger partial charge in [0, 0.05) is 17.4 Å². The molecular weight excluding hydrogens is 296 g/mol. The zero-order valence-corrected chi connectivity index (χ0v) is 13.3. The number of hydrogen-bond donors (Lipinski definition) is 0. The van der Waals surface area contributed by atoms with Gasteiger partial charge in [0.1, 0.15) is 0 Å². The standard InChI is InChI=1S/C14H17ClN2O2S/c1-9(2)20-14-16-12-8-10(15)4-5-11(12)13(18)17(14)6-7-19-3/h4-5,8-9H,6-7H2,1-3H3. The Kier molecular flexibility index (Phi) is 5.07.